The number of Topliss-reactive ketones (excluding diaryl/α,β-unsaturated/α-hetero) is 2. The van der Waals surface area contributed by atoms with Crippen molar-refractivity contribution in [2.75, 3.05) is 14.1 Å². The van der Waals surface area contributed by atoms with E-state index < -0.39 is 70.1 Å². The maximum atomic E-state index is 14.2. The highest BCUT2D eigenvalue weighted by Gasteiger charge is 2.68. The van der Waals surface area contributed by atoms with Gasteiger partial charge in [-0.1, -0.05) is 46.8 Å². The molecule has 4 rings (SSSR count). The Labute approximate surface area is 233 Å². The van der Waals surface area contributed by atoms with Crippen LogP contribution in [0.1, 0.15) is 64.5 Å². The molecule has 0 radical (unpaired) electrons. The van der Waals surface area contributed by atoms with Gasteiger partial charge in [0, 0.05) is 11.5 Å². The third-order valence-corrected chi connectivity index (χ3v) is 9.91. The van der Waals surface area contributed by atoms with Crippen LogP contribution in [0.4, 0.5) is 0 Å². The van der Waals surface area contributed by atoms with Crippen LogP contribution >= 0.6 is 0 Å². The topological polar surface area (TPSA) is 182 Å². The molecule has 10 heteroatoms. The number of amides is 1. The summed E-state index contributed by atoms with van der Waals surface area (Å²) in [6.07, 6.45) is -0.540. The highest BCUT2D eigenvalue weighted by atomic mass is 16.4. The number of nitrogens with zero attached hydrogens (tertiary/aromatic N) is 1. The highest BCUT2D eigenvalue weighted by molar-refractivity contribution is 6.24. The molecule has 3 aliphatic carbocycles. The first-order valence-electron chi connectivity index (χ1n) is 13.5. The summed E-state index contributed by atoms with van der Waals surface area (Å²) in [6.45, 7) is 10.6. The molecule has 0 heterocycles. The van der Waals surface area contributed by atoms with E-state index in [4.69, 9.17) is 5.73 Å². The van der Waals surface area contributed by atoms with Crippen molar-refractivity contribution in [1.82, 2.24) is 4.90 Å². The molecule has 1 saturated carbocycles. The predicted octanol–water partition coefficient (Wildman–Crippen LogP) is 2.33. The van der Waals surface area contributed by atoms with Crippen LogP contribution in [0.15, 0.2) is 35.1 Å². The predicted molar refractivity (Wildman–Crippen MR) is 147 cm³/mol. The Morgan fingerprint density at radius 3 is 2.20 bits per heavy atom. The average Bonchev–Trinajstić information content (AvgIpc) is 2.82. The number of phenols is 1. The molecular weight excluding hydrogens is 516 g/mol. The van der Waals surface area contributed by atoms with Crippen molar-refractivity contribution < 1.29 is 39.9 Å². The Morgan fingerprint density at radius 1 is 1.07 bits per heavy atom. The zero-order valence-corrected chi connectivity index (χ0v) is 24.0. The van der Waals surface area contributed by atoms with Crippen molar-refractivity contribution in [1.29, 1.82) is 0 Å². The number of likely N-dealkylation sites (N-methyl/N-ethyl adjacent to an activating group) is 1. The summed E-state index contributed by atoms with van der Waals surface area (Å²) in [7, 11) is 2.98. The van der Waals surface area contributed by atoms with Gasteiger partial charge in [0.2, 0.25) is 5.78 Å². The first kappa shape index (κ1) is 29.8. The molecule has 0 aliphatic heterocycles. The SMILES string of the molecule is CN(C)C1C(=O)C(C(N)=O)=C(O)[C@@]2(O)C(=O)C3=C(O)c4c(O)cccc4[C@H](CCC(C)(C)C(C)(C)C)[C@H]3[C@H](O)[C@@H]12. The number of ketones is 2. The van der Waals surface area contributed by atoms with E-state index in [1.165, 1.54) is 25.1 Å². The Bertz CT molecular complexity index is 1350. The maximum Gasteiger partial charge on any atom is 0.255 e. The van der Waals surface area contributed by atoms with E-state index in [9.17, 15) is 39.9 Å². The number of aliphatic hydroxyl groups is 4. The second kappa shape index (κ2) is 9.43. The molecule has 0 bridgehead atoms. The van der Waals surface area contributed by atoms with Gasteiger partial charge in [0.05, 0.1) is 23.6 Å². The van der Waals surface area contributed by atoms with E-state index in [2.05, 4.69) is 34.6 Å². The Morgan fingerprint density at radius 2 is 1.68 bits per heavy atom. The van der Waals surface area contributed by atoms with Crippen LogP contribution in [0, 0.1) is 22.7 Å². The molecular formula is C30H40N2O8. The van der Waals surface area contributed by atoms with Crippen molar-refractivity contribution >= 4 is 23.2 Å². The molecule has 1 aromatic rings. The van der Waals surface area contributed by atoms with Gasteiger partial charge in [-0.05, 0) is 55.3 Å². The van der Waals surface area contributed by atoms with Crippen molar-refractivity contribution in [2.45, 2.75) is 71.1 Å². The average molecular weight is 557 g/mol. The van der Waals surface area contributed by atoms with E-state index in [1.807, 2.05) is 0 Å². The van der Waals surface area contributed by atoms with Gasteiger partial charge in [0.15, 0.2) is 11.4 Å². The third kappa shape index (κ3) is 3.99. The molecule has 218 valence electrons. The number of fused-ring (bicyclic) bond motifs is 3. The van der Waals surface area contributed by atoms with Gasteiger partial charge in [-0.3, -0.25) is 19.3 Å². The van der Waals surface area contributed by atoms with Gasteiger partial charge in [-0.25, -0.2) is 0 Å². The summed E-state index contributed by atoms with van der Waals surface area (Å²) in [5, 5.41) is 57.1. The van der Waals surface area contributed by atoms with Gasteiger partial charge in [0.1, 0.15) is 22.8 Å². The van der Waals surface area contributed by atoms with Gasteiger partial charge in [-0.15, -0.1) is 0 Å². The molecule has 1 fully saturated rings. The number of phenolic OH excluding ortho intramolecular Hbond substituents is 1. The molecule has 6 atom stereocenters. The smallest absolute Gasteiger partial charge is 0.255 e. The van der Waals surface area contributed by atoms with Crippen molar-refractivity contribution in [2.24, 2.45) is 28.4 Å². The molecule has 3 aliphatic rings. The van der Waals surface area contributed by atoms with Crippen molar-refractivity contribution in [3.05, 3.63) is 46.2 Å². The van der Waals surface area contributed by atoms with Crippen LogP contribution in [0.2, 0.25) is 0 Å². The number of hydrogen-bond acceptors (Lipinski definition) is 9. The first-order chi connectivity index (χ1) is 18.3. The molecule has 10 nitrogen and oxygen atoms in total. The fourth-order valence-electron chi connectivity index (χ4n) is 6.63. The lowest BCUT2D eigenvalue weighted by atomic mass is 9.53. The molecule has 0 saturated heterocycles. The lowest BCUT2D eigenvalue weighted by Crippen LogP contribution is -2.70. The Kier molecular flexibility index (Phi) is 7.01. The fourth-order valence-corrected chi connectivity index (χ4v) is 6.63. The van der Waals surface area contributed by atoms with Gasteiger partial charge < -0.3 is 31.3 Å². The molecule has 7 N–H and O–H groups in total. The largest absolute Gasteiger partial charge is 0.508 e. The second-order valence-electron chi connectivity index (χ2n) is 13.3. The number of carbonyl (C=O) groups excluding carboxylic acids is 3. The van der Waals surface area contributed by atoms with E-state index in [1.54, 1.807) is 12.1 Å². The summed E-state index contributed by atoms with van der Waals surface area (Å²) in [4.78, 5) is 41.2. The quantitative estimate of drug-likeness (QED) is 0.297. The van der Waals surface area contributed by atoms with Crippen LogP contribution in [0.5, 0.6) is 5.75 Å². The minimum Gasteiger partial charge on any atom is -0.508 e. The Balaban J connectivity index is 2.00. The number of carbonyl (C=O) groups is 3. The number of nitrogens with two attached hydrogens (primary N) is 1. The minimum atomic E-state index is -2.93. The number of hydrogen-bond donors (Lipinski definition) is 6. The monoisotopic (exact) mass is 556 g/mol. The van der Waals surface area contributed by atoms with E-state index >= 15 is 0 Å². The number of aromatic hydroxyl groups is 1. The number of benzene rings is 1. The van der Waals surface area contributed by atoms with E-state index in [-0.39, 0.29) is 27.7 Å². The van der Waals surface area contributed by atoms with Crippen LogP contribution in [-0.2, 0) is 14.4 Å². The van der Waals surface area contributed by atoms with Crippen molar-refractivity contribution in [3.63, 3.8) is 0 Å². The van der Waals surface area contributed by atoms with Crippen LogP contribution in [0.25, 0.3) is 5.76 Å². The summed E-state index contributed by atoms with van der Waals surface area (Å²) >= 11 is 0. The third-order valence-electron chi connectivity index (χ3n) is 9.91. The maximum absolute atomic E-state index is 14.2. The fraction of sp³-hybridized carbons (Fsp3) is 0.567. The number of primary amides is 1. The molecule has 0 aromatic heterocycles. The van der Waals surface area contributed by atoms with Gasteiger partial charge in [0.25, 0.3) is 5.91 Å². The van der Waals surface area contributed by atoms with Crippen LogP contribution in [0.3, 0.4) is 0 Å². The van der Waals surface area contributed by atoms with Crippen LogP contribution < -0.4 is 5.73 Å². The molecule has 1 unspecified atom stereocenters. The zero-order chi connectivity index (χ0) is 30.3. The Hall–Kier alpha value is -3.21. The lowest BCUT2D eigenvalue weighted by Gasteiger charge is -2.54. The van der Waals surface area contributed by atoms with E-state index in [0.717, 1.165) is 0 Å². The lowest BCUT2D eigenvalue weighted by molar-refractivity contribution is -0.169. The summed E-state index contributed by atoms with van der Waals surface area (Å²) in [6, 6.07) is 3.30. The van der Waals surface area contributed by atoms with Gasteiger partial charge >= 0.3 is 0 Å². The molecule has 1 amide bonds. The normalized spacial score (nSPS) is 30.8. The molecule has 40 heavy (non-hydrogen) atoms. The molecule has 0 spiro atoms. The summed E-state index contributed by atoms with van der Waals surface area (Å²) < 4.78 is 0. The number of rotatable bonds is 5. The second-order valence-corrected chi connectivity index (χ2v) is 13.3. The first-order valence-corrected chi connectivity index (χ1v) is 13.5. The van der Waals surface area contributed by atoms with Gasteiger partial charge in [-0.2, -0.15) is 0 Å². The zero-order valence-electron chi connectivity index (χ0n) is 24.0. The highest BCUT2D eigenvalue weighted by Crippen LogP contribution is 2.58. The van der Waals surface area contributed by atoms with Crippen LogP contribution in [-0.4, -0.2) is 79.7 Å². The van der Waals surface area contributed by atoms with E-state index in [0.29, 0.717) is 18.4 Å². The van der Waals surface area contributed by atoms with Crippen molar-refractivity contribution in [3.8, 4) is 5.75 Å². The molecule has 1 aromatic carbocycles. The summed E-state index contributed by atoms with van der Waals surface area (Å²) in [5.41, 5.74) is 1.38. The standard InChI is InChI=1S/C30H40N2O8/c1-28(2,3)29(4,5)12-11-14-13-9-8-10-15(33)16(13)22(34)18-17(14)23(35)20-21(32(6)7)24(36)19(27(31)39)26(38)30(20,40)25(18)37/h8-10,14,17,20-21,23,33-35,38,40H,11-12H2,1-7H3,(H2,31,39)/t14-,17+,20+,21?,23-,30-/m0/s1. The minimum absolute atomic E-state index is 0.00422. The summed E-state index contributed by atoms with van der Waals surface area (Å²) in [5.74, 6) is -8.85. The number of aliphatic hydroxyl groups excluding tert-OH is 3.